The highest BCUT2D eigenvalue weighted by Crippen LogP contribution is 2.06. The molecule has 4 nitrogen and oxygen atoms in total. The van der Waals surface area contributed by atoms with Crippen LogP contribution >= 0.6 is 11.8 Å². The van der Waals surface area contributed by atoms with Crippen LogP contribution in [0, 0.1) is 0 Å². The fraction of sp³-hybridized carbons (Fsp3) is 0. The second kappa shape index (κ2) is 2.74. The smallest absolute Gasteiger partial charge is 0.272 e. The van der Waals surface area contributed by atoms with E-state index in [0.717, 1.165) is 4.09 Å². The molecule has 1 aromatic carbocycles. The summed E-state index contributed by atoms with van der Waals surface area (Å²) >= 11 is 5.63. The van der Waals surface area contributed by atoms with E-state index in [1.807, 2.05) is 0 Å². The molecular weight excluding hydrogens is 192 g/mol. The van der Waals surface area contributed by atoms with Crippen molar-refractivity contribution in [2.45, 2.75) is 0 Å². The van der Waals surface area contributed by atoms with Gasteiger partial charge in [-0.3, -0.25) is 9.78 Å². The molecule has 0 saturated heterocycles. The van der Waals surface area contributed by atoms with Gasteiger partial charge in [0, 0.05) is 11.8 Å². The van der Waals surface area contributed by atoms with Crippen LogP contribution in [0.5, 0.6) is 0 Å². The van der Waals surface area contributed by atoms with Gasteiger partial charge in [0.25, 0.3) is 5.56 Å². The second-order valence-electron chi connectivity index (χ2n) is 2.56. The molecule has 1 N–H and O–H groups in total. The molecule has 0 aliphatic rings. The van der Waals surface area contributed by atoms with E-state index < -0.39 is 11.2 Å². The van der Waals surface area contributed by atoms with Crippen LogP contribution in [0.15, 0.2) is 33.9 Å². The van der Waals surface area contributed by atoms with Crippen molar-refractivity contribution in [1.82, 2.24) is 9.07 Å². The van der Waals surface area contributed by atoms with Crippen molar-refractivity contribution >= 4 is 22.7 Å². The monoisotopic (exact) mass is 196 g/mol. The lowest BCUT2D eigenvalue weighted by Gasteiger charge is -1.98. The number of hydrogen-bond acceptors (Lipinski definition) is 2. The minimum atomic E-state index is -0.620. The predicted octanol–water partition coefficient (Wildman–Crippen LogP) is 0.692. The van der Waals surface area contributed by atoms with E-state index in [1.54, 1.807) is 24.3 Å². The van der Waals surface area contributed by atoms with E-state index in [0.29, 0.717) is 10.9 Å². The molecular formula is C8H5ClN2O2. The molecule has 0 aliphatic heterocycles. The quantitative estimate of drug-likeness (QED) is 0.674. The molecule has 0 bridgehead atoms. The van der Waals surface area contributed by atoms with Gasteiger partial charge in [0.2, 0.25) is 0 Å². The van der Waals surface area contributed by atoms with Gasteiger partial charge in [0.1, 0.15) is 0 Å². The molecule has 1 heterocycles. The van der Waals surface area contributed by atoms with Crippen LogP contribution in [0.3, 0.4) is 0 Å². The number of halogens is 1. The normalized spacial score (nSPS) is 10.5. The maximum atomic E-state index is 11.2. The summed E-state index contributed by atoms with van der Waals surface area (Å²) in [7, 11) is 0. The zero-order chi connectivity index (χ0) is 9.42. The zero-order valence-corrected chi connectivity index (χ0v) is 7.21. The second-order valence-corrected chi connectivity index (χ2v) is 2.90. The van der Waals surface area contributed by atoms with Gasteiger partial charge < -0.3 is 0 Å². The molecule has 1 aromatic heterocycles. The van der Waals surface area contributed by atoms with Crippen LogP contribution in [0.2, 0.25) is 0 Å². The Kier molecular flexibility index (Phi) is 1.70. The number of fused-ring (bicyclic) bond motifs is 1. The van der Waals surface area contributed by atoms with Gasteiger partial charge in [-0.1, -0.05) is 12.1 Å². The lowest BCUT2D eigenvalue weighted by molar-refractivity contribution is 1.03. The lowest BCUT2D eigenvalue weighted by Crippen LogP contribution is -2.25. The molecule has 2 rings (SSSR count). The van der Waals surface area contributed by atoms with E-state index in [2.05, 4.69) is 4.98 Å². The standard InChI is InChI=1S/C8H5ClN2O2/c9-11-6-4-2-1-3-5(6)7(12)10-8(11)13/h1-4H,(H,10,12,13). The van der Waals surface area contributed by atoms with E-state index in [4.69, 9.17) is 11.8 Å². The number of aromatic nitrogens is 2. The summed E-state index contributed by atoms with van der Waals surface area (Å²) in [5, 5.41) is 0.400. The van der Waals surface area contributed by atoms with Gasteiger partial charge in [-0.25, -0.2) is 8.88 Å². The van der Waals surface area contributed by atoms with Crippen LogP contribution in [0.1, 0.15) is 0 Å². The predicted molar refractivity (Wildman–Crippen MR) is 50.1 cm³/mol. The maximum absolute atomic E-state index is 11.2. The van der Waals surface area contributed by atoms with Crippen LogP contribution in [0.4, 0.5) is 0 Å². The molecule has 0 atom stereocenters. The number of H-pyrrole nitrogens is 1. The summed E-state index contributed by atoms with van der Waals surface area (Å²) in [6.45, 7) is 0. The average Bonchev–Trinajstić information content (AvgIpc) is 2.15. The number of benzene rings is 1. The largest absolute Gasteiger partial charge is 0.343 e. The summed E-state index contributed by atoms with van der Waals surface area (Å²) in [4.78, 5) is 24.4. The SMILES string of the molecule is O=c1[nH]c(=O)n(Cl)c2ccccc12. The molecule has 0 fully saturated rings. The molecule has 0 radical (unpaired) electrons. The van der Waals surface area contributed by atoms with Crippen LogP contribution in [-0.2, 0) is 0 Å². The van der Waals surface area contributed by atoms with Gasteiger partial charge in [-0.05, 0) is 12.1 Å². The Balaban J connectivity index is 3.15. The first-order valence-corrected chi connectivity index (χ1v) is 3.94. The fourth-order valence-electron chi connectivity index (χ4n) is 1.16. The first-order valence-electron chi connectivity index (χ1n) is 3.60. The third-order valence-corrected chi connectivity index (χ3v) is 2.09. The van der Waals surface area contributed by atoms with Crippen molar-refractivity contribution in [2.75, 3.05) is 0 Å². The molecule has 0 spiro atoms. The molecule has 66 valence electrons. The topological polar surface area (TPSA) is 54.9 Å². The molecule has 2 aromatic rings. The summed E-state index contributed by atoms with van der Waals surface area (Å²) in [6, 6.07) is 6.63. The van der Waals surface area contributed by atoms with Crippen molar-refractivity contribution in [3.63, 3.8) is 0 Å². The number of hydrogen-bond donors (Lipinski definition) is 1. The Morgan fingerprint density at radius 3 is 2.69 bits per heavy atom. The van der Waals surface area contributed by atoms with Crippen molar-refractivity contribution in [3.05, 3.63) is 45.1 Å². The number of aromatic amines is 1. The zero-order valence-electron chi connectivity index (χ0n) is 6.45. The molecule has 0 amide bonds. The van der Waals surface area contributed by atoms with E-state index in [1.165, 1.54) is 0 Å². The molecule has 0 aliphatic carbocycles. The van der Waals surface area contributed by atoms with E-state index in [9.17, 15) is 9.59 Å². The van der Waals surface area contributed by atoms with Crippen molar-refractivity contribution in [2.24, 2.45) is 0 Å². The van der Waals surface area contributed by atoms with Crippen molar-refractivity contribution < 1.29 is 0 Å². The van der Waals surface area contributed by atoms with Crippen molar-refractivity contribution in [3.8, 4) is 0 Å². The minimum Gasteiger partial charge on any atom is -0.272 e. The Bertz CT molecular complexity index is 570. The maximum Gasteiger partial charge on any atom is 0.343 e. The van der Waals surface area contributed by atoms with Crippen LogP contribution in [-0.4, -0.2) is 9.07 Å². The first-order chi connectivity index (χ1) is 6.20. The number of nitrogens with zero attached hydrogens (tertiary/aromatic N) is 1. The molecule has 13 heavy (non-hydrogen) atoms. The first kappa shape index (κ1) is 8.07. The van der Waals surface area contributed by atoms with Gasteiger partial charge in [-0.2, -0.15) is 0 Å². The van der Waals surface area contributed by atoms with E-state index >= 15 is 0 Å². The summed E-state index contributed by atoms with van der Waals surface area (Å²) in [6.07, 6.45) is 0. The Morgan fingerprint density at radius 1 is 1.23 bits per heavy atom. The fourth-order valence-corrected chi connectivity index (χ4v) is 1.35. The average molecular weight is 197 g/mol. The number of para-hydroxylation sites is 1. The molecule has 5 heteroatoms. The highest BCUT2D eigenvalue weighted by atomic mass is 35.5. The summed E-state index contributed by atoms with van der Waals surface area (Å²) in [5.74, 6) is 0. The minimum absolute atomic E-state index is 0.400. The van der Waals surface area contributed by atoms with Gasteiger partial charge in [0.05, 0.1) is 10.9 Å². The number of rotatable bonds is 0. The van der Waals surface area contributed by atoms with Crippen LogP contribution in [0.25, 0.3) is 10.9 Å². The third kappa shape index (κ3) is 1.15. The van der Waals surface area contributed by atoms with Gasteiger partial charge in [-0.15, -0.1) is 0 Å². The van der Waals surface area contributed by atoms with Gasteiger partial charge >= 0.3 is 5.69 Å². The van der Waals surface area contributed by atoms with Crippen LogP contribution < -0.4 is 11.2 Å². The summed E-state index contributed by atoms with van der Waals surface area (Å²) < 4.78 is 0.886. The van der Waals surface area contributed by atoms with E-state index in [-0.39, 0.29) is 0 Å². The molecule has 0 saturated carbocycles. The third-order valence-electron chi connectivity index (χ3n) is 1.76. The highest BCUT2D eigenvalue weighted by Gasteiger charge is 2.03. The highest BCUT2D eigenvalue weighted by molar-refractivity contribution is 6.18. The number of nitrogens with one attached hydrogen (secondary N) is 1. The molecule has 0 unspecified atom stereocenters. The summed E-state index contributed by atoms with van der Waals surface area (Å²) in [5.41, 5.74) is -0.624. The Labute approximate surface area is 77.5 Å². The Morgan fingerprint density at radius 2 is 1.92 bits per heavy atom. The lowest BCUT2D eigenvalue weighted by atomic mass is 10.2. The van der Waals surface area contributed by atoms with Crippen molar-refractivity contribution in [1.29, 1.82) is 0 Å². The van der Waals surface area contributed by atoms with Gasteiger partial charge in [0.15, 0.2) is 0 Å². The Hall–Kier alpha value is -1.55.